The zero-order valence-corrected chi connectivity index (χ0v) is 17.6. The van der Waals surface area contributed by atoms with Crippen LogP contribution in [0.4, 0.5) is 5.82 Å². The van der Waals surface area contributed by atoms with E-state index in [0.29, 0.717) is 0 Å². The van der Waals surface area contributed by atoms with Gasteiger partial charge in [0.15, 0.2) is 0 Å². The van der Waals surface area contributed by atoms with Crippen LogP contribution in [0.25, 0.3) is 10.2 Å². The number of carboxylic acids is 2. The van der Waals surface area contributed by atoms with Crippen molar-refractivity contribution in [2.24, 2.45) is 0 Å². The molecule has 9 heteroatoms. The molecule has 0 atom stereocenters. The van der Waals surface area contributed by atoms with Gasteiger partial charge >= 0.3 is 11.9 Å². The van der Waals surface area contributed by atoms with Crippen LogP contribution in [0.1, 0.15) is 34.7 Å². The lowest BCUT2D eigenvalue weighted by Gasteiger charge is -2.13. The van der Waals surface area contributed by atoms with Crippen molar-refractivity contribution in [2.75, 3.05) is 12.4 Å². The van der Waals surface area contributed by atoms with Crippen molar-refractivity contribution in [3.8, 4) is 5.75 Å². The minimum atomic E-state index is -1.82. The molecule has 0 saturated heterocycles. The lowest BCUT2D eigenvalue weighted by molar-refractivity contribution is -0.159. The molecule has 0 amide bonds. The highest BCUT2D eigenvalue weighted by Gasteiger charge is 2.20. The van der Waals surface area contributed by atoms with E-state index in [4.69, 9.17) is 29.5 Å². The topological polar surface area (TPSA) is 122 Å². The second kappa shape index (κ2) is 9.53. The van der Waals surface area contributed by atoms with Gasteiger partial charge in [-0.3, -0.25) is 0 Å². The van der Waals surface area contributed by atoms with Crippen LogP contribution in [0.15, 0.2) is 24.3 Å². The van der Waals surface area contributed by atoms with E-state index in [9.17, 15) is 0 Å². The number of fused-ring (bicyclic) bond motifs is 3. The zero-order chi connectivity index (χ0) is 21.7. The lowest BCUT2D eigenvalue weighted by atomic mass is 9.97. The van der Waals surface area contributed by atoms with Gasteiger partial charge in [-0.05, 0) is 55.9 Å². The molecule has 0 radical (unpaired) electrons. The maximum atomic E-state index is 9.10. The standard InChI is InChI=1S/C19H21N3OS.C2H2O4/c1-12-21-18(20-11-13-7-9-14(23-2)10-8-13)17-15-5-3-4-6-16(15)24-19(17)22-12;3-1(4)2(5)6/h7-10H,3-6,11H2,1-2H3,(H,20,21,22);(H,3,4)(H,5,6). The number of aromatic nitrogens is 2. The third-order valence-electron chi connectivity index (χ3n) is 4.73. The summed E-state index contributed by atoms with van der Waals surface area (Å²) in [6.07, 6.45) is 4.90. The van der Waals surface area contributed by atoms with E-state index < -0.39 is 11.9 Å². The summed E-state index contributed by atoms with van der Waals surface area (Å²) in [6, 6.07) is 8.15. The fourth-order valence-corrected chi connectivity index (χ4v) is 4.63. The predicted octanol–water partition coefficient (Wildman–Crippen LogP) is 3.65. The minimum Gasteiger partial charge on any atom is -0.497 e. The molecule has 0 fully saturated rings. The van der Waals surface area contributed by atoms with Gasteiger partial charge in [-0.1, -0.05) is 12.1 Å². The summed E-state index contributed by atoms with van der Waals surface area (Å²) >= 11 is 1.85. The number of hydrogen-bond donors (Lipinski definition) is 3. The van der Waals surface area contributed by atoms with Crippen molar-refractivity contribution in [1.82, 2.24) is 9.97 Å². The number of carbonyl (C=O) groups is 2. The maximum Gasteiger partial charge on any atom is 0.414 e. The number of hydrogen-bond acceptors (Lipinski definition) is 7. The van der Waals surface area contributed by atoms with E-state index in [1.54, 1.807) is 7.11 Å². The number of ether oxygens (including phenoxy) is 1. The molecule has 1 aromatic carbocycles. The van der Waals surface area contributed by atoms with E-state index in [1.807, 2.05) is 30.4 Å². The summed E-state index contributed by atoms with van der Waals surface area (Å²) in [6.45, 7) is 2.72. The first-order valence-corrected chi connectivity index (χ1v) is 10.3. The van der Waals surface area contributed by atoms with Gasteiger partial charge in [0.2, 0.25) is 0 Å². The molecule has 0 unspecified atom stereocenters. The van der Waals surface area contributed by atoms with Gasteiger partial charge in [-0.25, -0.2) is 19.6 Å². The Morgan fingerprint density at radius 2 is 1.77 bits per heavy atom. The second-order valence-corrected chi connectivity index (χ2v) is 7.91. The van der Waals surface area contributed by atoms with E-state index >= 15 is 0 Å². The molecule has 4 rings (SSSR count). The number of benzene rings is 1. The van der Waals surface area contributed by atoms with E-state index in [0.717, 1.165) is 35.2 Å². The first-order chi connectivity index (χ1) is 14.4. The molecule has 0 bridgehead atoms. The normalized spacial score (nSPS) is 12.5. The molecule has 2 aromatic heterocycles. The summed E-state index contributed by atoms with van der Waals surface area (Å²) in [5.74, 6) is -0.957. The van der Waals surface area contributed by atoms with Gasteiger partial charge < -0.3 is 20.3 Å². The highest BCUT2D eigenvalue weighted by atomic mass is 32.1. The summed E-state index contributed by atoms with van der Waals surface area (Å²) in [4.78, 5) is 30.2. The first-order valence-electron chi connectivity index (χ1n) is 9.51. The van der Waals surface area contributed by atoms with Gasteiger partial charge in [0.05, 0.1) is 12.5 Å². The predicted molar refractivity (Wildman–Crippen MR) is 114 cm³/mol. The SMILES string of the molecule is COc1ccc(CNc2nc(C)nc3sc4c(c23)CCCC4)cc1.O=C(O)C(=O)O. The maximum absolute atomic E-state index is 9.10. The van der Waals surface area contributed by atoms with Crippen LogP contribution >= 0.6 is 11.3 Å². The minimum absolute atomic E-state index is 0.750. The zero-order valence-electron chi connectivity index (χ0n) is 16.8. The van der Waals surface area contributed by atoms with Gasteiger partial charge in [-0.15, -0.1) is 11.3 Å². The number of aryl methyl sites for hydroxylation is 3. The number of anilines is 1. The van der Waals surface area contributed by atoms with E-state index in [-0.39, 0.29) is 0 Å². The Bertz CT molecular complexity index is 1050. The quantitative estimate of drug-likeness (QED) is 0.537. The molecule has 30 heavy (non-hydrogen) atoms. The van der Waals surface area contributed by atoms with Crippen LogP contribution in [-0.4, -0.2) is 39.2 Å². The van der Waals surface area contributed by atoms with Crippen LogP contribution in [-0.2, 0) is 29.0 Å². The van der Waals surface area contributed by atoms with Crippen LogP contribution < -0.4 is 10.1 Å². The molecule has 2 heterocycles. The fourth-order valence-electron chi connectivity index (χ4n) is 3.32. The Kier molecular flexibility index (Phi) is 6.83. The van der Waals surface area contributed by atoms with Crippen molar-refractivity contribution in [3.63, 3.8) is 0 Å². The van der Waals surface area contributed by atoms with Crippen molar-refractivity contribution >= 4 is 39.3 Å². The number of thiophene rings is 1. The molecule has 158 valence electrons. The number of rotatable bonds is 4. The molecule has 0 spiro atoms. The largest absolute Gasteiger partial charge is 0.497 e. The Morgan fingerprint density at radius 3 is 2.40 bits per heavy atom. The molecule has 1 aliphatic rings. The number of methoxy groups -OCH3 is 1. The molecule has 0 aliphatic heterocycles. The smallest absolute Gasteiger partial charge is 0.414 e. The van der Waals surface area contributed by atoms with Crippen molar-refractivity contribution in [2.45, 2.75) is 39.2 Å². The van der Waals surface area contributed by atoms with E-state index in [2.05, 4.69) is 22.4 Å². The Hall–Kier alpha value is -3.20. The Morgan fingerprint density at radius 1 is 1.10 bits per heavy atom. The monoisotopic (exact) mass is 429 g/mol. The average Bonchev–Trinajstić information content (AvgIpc) is 3.11. The molecule has 1 aliphatic carbocycles. The van der Waals surface area contributed by atoms with Crippen LogP contribution in [0.3, 0.4) is 0 Å². The Balaban J connectivity index is 0.000000377. The number of nitrogens with zero attached hydrogens (tertiary/aromatic N) is 2. The highest BCUT2D eigenvalue weighted by Crippen LogP contribution is 2.38. The number of nitrogens with one attached hydrogen (secondary N) is 1. The molecular formula is C21H23N3O5S. The van der Waals surface area contributed by atoms with Gasteiger partial charge in [0.25, 0.3) is 0 Å². The third-order valence-corrected chi connectivity index (χ3v) is 5.91. The van der Waals surface area contributed by atoms with Crippen LogP contribution in [0.5, 0.6) is 5.75 Å². The van der Waals surface area contributed by atoms with Gasteiger partial charge in [0.1, 0.15) is 22.2 Å². The number of carboxylic acid groups (broad SMARTS) is 2. The van der Waals surface area contributed by atoms with Crippen LogP contribution in [0, 0.1) is 6.92 Å². The van der Waals surface area contributed by atoms with Crippen molar-refractivity contribution in [3.05, 3.63) is 46.1 Å². The van der Waals surface area contributed by atoms with Gasteiger partial charge in [-0.2, -0.15) is 0 Å². The second-order valence-electron chi connectivity index (χ2n) is 6.82. The highest BCUT2D eigenvalue weighted by molar-refractivity contribution is 7.19. The summed E-state index contributed by atoms with van der Waals surface area (Å²) in [5, 5.41) is 19.6. The molecule has 8 nitrogen and oxygen atoms in total. The lowest BCUT2D eigenvalue weighted by Crippen LogP contribution is -2.09. The first kappa shape index (κ1) is 21.5. The van der Waals surface area contributed by atoms with Crippen molar-refractivity contribution in [1.29, 1.82) is 0 Å². The third kappa shape index (κ3) is 5.04. The average molecular weight is 429 g/mol. The number of aliphatic carboxylic acids is 2. The summed E-state index contributed by atoms with van der Waals surface area (Å²) in [5.41, 5.74) is 2.68. The molecule has 0 saturated carbocycles. The fraction of sp³-hybridized carbons (Fsp3) is 0.333. The van der Waals surface area contributed by atoms with E-state index in [1.165, 1.54) is 40.7 Å². The summed E-state index contributed by atoms with van der Waals surface area (Å²) < 4.78 is 5.22. The van der Waals surface area contributed by atoms with Crippen molar-refractivity contribution < 1.29 is 24.5 Å². The van der Waals surface area contributed by atoms with Gasteiger partial charge in [0, 0.05) is 11.4 Å². The van der Waals surface area contributed by atoms with Crippen LogP contribution in [0.2, 0.25) is 0 Å². The Labute approximate surface area is 177 Å². The molecular weight excluding hydrogens is 406 g/mol. The molecule has 3 aromatic rings. The summed E-state index contributed by atoms with van der Waals surface area (Å²) in [7, 11) is 1.69. The molecule has 3 N–H and O–H groups in total.